The first kappa shape index (κ1) is 18.6. The van der Waals surface area contributed by atoms with Gasteiger partial charge in [0, 0.05) is 18.8 Å². The van der Waals surface area contributed by atoms with Gasteiger partial charge in [-0.1, -0.05) is 19.9 Å². The minimum Gasteiger partial charge on any atom is -0.395 e. The molecule has 1 heterocycles. The highest BCUT2D eigenvalue weighted by Gasteiger charge is 2.22. The lowest BCUT2D eigenvalue weighted by atomic mass is 10.3. The minimum absolute atomic E-state index is 0.0411. The monoisotopic (exact) mass is 367 g/mol. The predicted molar refractivity (Wildman–Crippen MR) is 89.9 cm³/mol. The van der Waals surface area contributed by atoms with Crippen molar-refractivity contribution in [3.63, 3.8) is 0 Å². The molecule has 0 bridgehead atoms. The number of anilines is 1. The number of nitrogens with zero attached hydrogens (tertiary/aromatic N) is 2. The van der Waals surface area contributed by atoms with Crippen LogP contribution in [-0.2, 0) is 10.0 Å². The second kappa shape index (κ2) is 7.45. The molecule has 1 amide bonds. The number of sulfonamides is 1. The number of rotatable bonds is 7. The van der Waals surface area contributed by atoms with Gasteiger partial charge >= 0.3 is 5.88 Å². The van der Waals surface area contributed by atoms with E-state index in [2.05, 4.69) is 5.32 Å². The van der Waals surface area contributed by atoms with Gasteiger partial charge in [-0.25, -0.2) is 8.42 Å². The van der Waals surface area contributed by atoms with E-state index in [0.717, 1.165) is 6.07 Å². The fraction of sp³-hybridized carbons (Fsp3) is 0.267. The molecule has 134 valence electrons. The molecule has 0 unspecified atom stereocenters. The Labute approximate surface area is 144 Å². The average molecular weight is 367 g/mol. The van der Waals surface area contributed by atoms with Crippen LogP contribution in [0.3, 0.4) is 0 Å². The van der Waals surface area contributed by atoms with E-state index in [4.69, 9.17) is 4.42 Å². The zero-order valence-corrected chi connectivity index (χ0v) is 14.4. The highest BCUT2D eigenvalue weighted by Crippen LogP contribution is 2.21. The Hall–Kier alpha value is -2.72. The van der Waals surface area contributed by atoms with Crippen LogP contribution in [0.2, 0.25) is 0 Å². The molecule has 1 aromatic heterocycles. The maximum Gasteiger partial charge on any atom is 0.433 e. The molecule has 0 aliphatic rings. The van der Waals surface area contributed by atoms with E-state index in [0.29, 0.717) is 13.1 Å². The lowest BCUT2D eigenvalue weighted by molar-refractivity contribution is -0.402. The number of carbonyl (C=O) groups is 1. The molecule has 1 N–H and O–H groups in total. The van der Waals surface area contributed by atoms with Crippen LogP contribution in [0.15, 0.2) is 45.7 Å². The SMILES string of the molecule is CCN(CC)S(=O)(=O)c1cccc(NC(=O)c2ccc([N+](=O)[O-])o2)c1. The number of nitrogens with one attached hydrogen (secondary N) is 1. The summed E-state index contributed by atoms with van der Waals surface area (Å²) < 4.78 is 31.1. The van der Waals surface area contributed by atoms with Crippen LogP contribution in [0.5, 0.6) is 0 Å². The molecule has 1 aromatic carbocycles. The normalized spacial score (nSPS) is 11.5. The van der Waals surface area contributed by atoms with E-state index >= 15 is 0 Å². The van der Waals surface area contributed by atoms with Crippen molar-refractivity contribution < 1.29 is 22.6 Å². The van der Waals surface area contributed by atoms with E-state index < -0.39 is 26.7 Å². The fourth-order valence-electron chi connectivity index (χ4n) is 2.19. The number of carbonyl (C=O) groups excluding carboxylic acids is 1. The van der Waals surface area contributed by atoms with Gasteiger partial charge in [0.05, 0.1) is 11.0 Å². The van der Waals surface area contributed by atoms with Gasteiger partial charge in [0.25, 0.3) is 5.91 Å². The molecular formula is C15H17N3O6S. The van der Waals surface area contributed by atoms with Crippen molar-refractivity contribution in [2.24, 2.45) is 0 Å². The summed E-state index contributed by atoms with van der Waals surface area (Å²) in [5.41, 5.74) is 0.234. The maximum atomic E-state index is 12.5. The Balaban J connectivity index is 2.24. The van der Waals surface area contributed by atoms with E-state index in [-0.39, 0.29) is 16.3 Å². The predicted octanol–water partition coefficient (Wildman–Crippen LogP) is 2.47. The number of furan rings is 1. The topological polar surface area (TPSA) is 123 Å². The van der Waals surface area contributed by atoms with Gasteiger partial charge in [-0.2, -0.15) is 4.31 Å². The van der Waals surface area contributed by atoms with Crippen LogP contribution in [0, 0.1) is 10.1 Å². The Morgan fingerprint density at radius 2 is 1.92 bits per heavy atom. The third-order valence-corrected chi connectivity index (χ3v) is 5.48. The molecule has 25 heavy (non-hydrogen) atoms. The van der Waals surface area contributed by atoms with E-state index in [9.17, 15) is 23.3 Å². The van der Waals surface area contributed by atoms with Gasteiger partial charge < -0.3 is 9.73 Å². The van der Waals surface area contributed by atoms with Gasteiger partial charge in [0.1, 0.15) is 4.92 Å². The number of nitro groups is 1. The highest BCUT2D eigenvalue weighted by molar-refractivity contribution is 7.89. The quantitative estimate of drug-likeness (QED) is 0.592. The minimum atomic E-state index is -3.66. The summed E-state index contributed by atoms with van der Waals surface area (Å²) in [5.74, 6) is -1.52. The molecule has 0 aliphatic heterocycles. The second-order valence-electron chi connectivity index (χ2n) is 4.97. The van der Waals surface area contributed by atoms with Crippen molar-refractivity contribution in [2.45, 2.75) is 18.7 Å². The third-order valence-electron chi connectivity index (χ3n) is 3.43. The molecule has 0 spiro atoms. The number of hydrogen-bond acceptors (Lipinski definition) is 6. The largest absolute Gasteiger partial charge is 0.433 e. The molecule has 2 aromatic rings. The van der Waals surface area contributed by atoms with Crippen LogP contribution < -0.4 is 5.32 Å². The second-order valence-corrected chi connectivity index (χ2v) is 6.90. The molecular weight excluding hydrogens is 350 g/mol. The first-order valence-corrected chi connectivity index (χ1v) is 8.89. The van der Waals surface area contributed by atoms with Gasteiger partial charge in [-0.05, 0) is 24.3 Å². The summed E-state index contributed by atoms with van der Waals surface area (Å²) in [6.45, 7) is 4.12. The molecule has 0 fully saturated rings. The molecule has 0 saturated carbocycles. The highest BCUT2D eigenvalue weighted by atomic mass is 32.2. The first-order valence-electron chi connectivity index (χ1n) is 7.45. The zero-order chi connectivity index (χ0) is 18.6. The Bertz CT molecular complexity index is 886. The lowest BCUT2D eigenvalue weighted by Crippen LogP contribution is -2.30. The third kappa shape index (κ3) is 4.03. The summed E-state index contributed by atoms with van der Waals surface area (Å²) in [7, 11) is -3.66. The van der Waals surface area contributed by atoms with Crippen molar-refractivity contribution in [1.82, 2.24) is 4.31 Å². The maximum absolute atomic E-state index is 12.5. The average Bonchev–Trinajstić information content (AvgIpc) is 3.06. The standard InChI is InChI=1S/C15H17N3O6S/c1-3-17(4-2)25(22,23)12-7-5-6-11(10-12)16-15(19)13-8-9-14(24-13)18(20)21/h5-10H,3-4H2,1-2H3,(H,16,19). The Morgan fingerprint density at radius 3 is 2.48 bits per heavy atom. The van der Waals surface area contributed by atoms with E-state index in [1.54, 1.807) is 13.8 Å². The molecule has 2 rings (SSSR count). The number of hydrogen-bond donors (Lipinski definition) is 1. The zero-order valence-electron chi connectivity index (χ0n) is 13.6. The fourth-order valence-corrected chi connectivity index (χ4v) is 3.69. The summed E-state index contributed by atoms with van der Waals surface area (Å²) >= 11 is 0. The van der Waals surface area contributed by atoms with Crippen LogP contribution in [0.1, 0.15) is 24.4 Å². The Kier molecular flexibility index (Phi) is 5.55. The van der Waals surface area contributed by atoms with E-state index in [1.807, 2.05) is 0 Å². The molecule has 10 heteroatoms. The van der Waals surface area contributed by atoms with E-state index in [1.165, 1.54) is 34.6 Å². The summed E-state index contributed by atoms with van der Waals surface area (Å²) in [5, 5.41) is 13.0. The summed E-state index contributed by atoms with van der Waals surface area (Å²) in [6.07, 6.45) is 0. The van der Waals surface area contributed by atoms with Gasteiger partial charge in [0.15, 0.2) is 5.76 Å². The molecule has 0 saturated heterocycles. The molecule has 0 radical (unpaired) electrons. The van der Waals surface area contributed by atoms with Gasteiger partial charge in [0.2, 0.25) is 10.0 Å². The number of benzene rings is 1. The summed E-state index contributed by atoms with van der Waals surface area (Å²) in [4.78, 5) is 21.9. The van der Waals surface area contributed by atoms with Crippen molar-refractivity contribution in [3.05, 3.63) is 52.3 Å². The van der Waals surface area contributed by atoms with Gasteiger partial charge in [-0.3, -0.25) is 14.9 Å². The molecule has 9 nitrogen and oxygen atoms in total. The molecule has 0 atom stereocenters. The van der Waals surface area contributed by atoms with Gasteiger partial charge in [-0.15, -0.1) is 0 Å². The van der Waals surface area contributed by atoms with Crippen LogP contribution in [0.25, 0.3) is 0 Å². The van der Waals surface area contributed by atoms with Crippen molar-refractivity contribution in [2.75, 3.05) is 18.4 Å². The summed E-state index contributed by atoms with van der Waals surface area (Å²) in [6, 6.07) is 8.00. The van der Waals surface area contributed by atoms with Crippen molar-refractivity contribution in [3.8, 4) is 0 Å². The number of amides is 1. The lowest BCUT2D eigenvalue weighted by Gasteiger charge is -2.18. The van der Waals surface area contributed by atoms with Crippen LogP contribution in [0.4, 0.5) is 11.6 Å². The van der Waals surface area contributed by atoms with Crippen molar-refractivity contribution in [1.29, 1.82) is 0 Å². The van der Waals surface area contributed by atoms with Crippen molar-refractivity contribution >= 4 is 27.5 Å². The molecule has 0 aliphatic carbocycles. The smallest absolute Gasteiger partial charge is 0.395 e. The first-order chi connectivity index (χ1) is 11.8. The van der Waals surface area contributed by atoms with Crippen LogP contribution in [-0.4, -0.2) is 36.6 Å². The van der Waals surface area contributed by atoms with Crippen LogP contribution >= 0.6 is 0 Å². The Morgan fingerprint density at radius 1 is 1.24 bits per heavy atom.